The molecule has 1 N–H and O–H groups in total. The van der Waals surface area contributed by atoms with E-state index in [1.165, 1.54) is 6.07 Å². The largest absolute Gasteiger partial charge is 0.481 e. The number of carboxylic acids is 1. The van der Waals surface area contributed by atoms with Gasteiger partial charge < -0.3 is 5.11 Å². The Kier molecular flexibility index (Phi) is 4.88. The predicted molar refractivity (Wildman–Crippen MR) is 71.9 cm³/mol. The number of alkyl halides is 3. The molecule has 6 heteroatoms. The monoisotopic (exact) mass is 301 g/mol. The van der Waals surface area contributed by atoms with Gasteiger partial charge in [0.05, 0.1) is 12.0 Å². The maximum Gasteiger partial charge on any atom is 0.416 e. The molecule has 1 heterocycles. The Hall–Kier alpha value is -1.56. The van der Waals surface area contributed by atoms with Gasteiger partial charge in [-0.15, -0.1) is 0 Å². The third-order valence-electron chi connectivity index (χ3n) is 3.80. The van der Waals surface area contributed by atoms with Crippen molar-refractivity contribution >= 4 is 5.97 Å². The summed E-state index contributed by atoms with van der Waals surface area (Å²) in [7, 11) is 0. The summed E-state index contributed by atoms with van der Waals surface area (Å²) < 4.78 is 38.4. The maximum absolute atomic E-state index is 12.8. The first-order valence-electron chi connectivity index (χ1n) is 7.01. The van der Waals surface area contributed by atoms with Gasteiger partial charge >= 0.3 is 12.1 Å². The molecule has 1 fully saturated rings. The van der Waals surface area contributed by atoms with E-state index >= 15 is 0 Å². The Morgan fingerprint density at radius 1 is 1.24 bits per heavy atom. The van der Waals surface area contributed by atoms with Gasteiger partial charge in [0, 0.05) is 6.04 Å². The van der Waals surface area contributed by atoms with Gasteiger partial charge in [-0.05, 0) is 43.6 Å². The van der Waals surface area contributed by atoms with Gasteiger partial charge in [0.1, 0.15) is 0 Å². The lowest BCUT2D eigenvalue weighted by molar-refractivity contribution is -0.138. The zero-order chi connectivity index (χ0) is 15.5. The van der Waals surface area contributed by atoms with Crippen molar-refractivity contribution in [3.05, 3.63) is 35.4 Å². The van der Waals surface area contributed by atoms with E-state index in [9.17, 15) is 18.0 Å². The van der Waals surface area contributed by atoms with E-state index in [1.807, 2.05) is 4.90 Å². The van der Waals surface area contributed by atoms with Crippen LogP contribution in [0.25, 0.3) is 0 Å². The highest BCUT2D eigenvalue weighted by molar-refractivity contribution is 5.68. The highest BCUT2D eigenvalue weighted by Crippen LogP contribution is 2.33. The molecular weight excluding hydrogens is 283 g/mol. The van der Waals surface area contributed by atoms with Crippen LogP contribution in [0, 0.1) is 0 Å². The van der Waals surface area contributed by atoms with Crippen LogP contribution in [0.2, 0.25) is 0 Å². The molecule has 3 nitrogen and oxygen atoms in total. The van der Waals surface area contributed by atoms with Gasteiger partial charge in [-0.1, -0.05) is 18.6 Å². The van der Waals surface area contributed by atoms with Gasteiger partial charge in [-0.25, -0.2) is 0 Å². The van der Waals surface area contributed by atoms with Crippen molar-refractivity contribution in [2.45, 2.75) is 37.9 Å². The second kappa shape index (κ2) is 6.47. The molecule has 0 spiro atoms. The summed E-state index contributed by atoms with van der Waals surface area (Å²) in [5.41, 5.74) is -0.304. The summed E-state index contributed by atoms with van der Waals surface area (Å²) in [5, 5.41) is 9.06. The zero-order valence-corrected chi connectivity index (χ0v) is 11.6. The van der Waals surface area contributed by atoms with Gasteiger partial charge in [-0.2, -0.15) is 13.2 Å². The minimum atomic E-state index is -4.41. The van der Waals surface area contributed by atoms with Crippen LogP contribution in [0.5, 0.6) is 0 Å². The molecule has 0 amide bonds. The van der Waals surface area contributed by atoms with Crippen molar-refractivity contribution in [2.75, 3.05) is 13.1 Å². The van der Waals surface area contributed by atoms with Crippen molar-refractivity contribution in [1.29, 1.82) is 0 Å². The number of benzene rings is 1. The SMILES string of the molecule is O=C(O)CC(c1cccc(C(F)(F)F)c1)N1CCCCC1. The molecule has 1 aliphatic rings. The molecule has 21 heavy (non-hydrogen) atoms. The van der Waals surface area contributed by atoms with Gasteiger partial charge in [0.15, 0.2) is 0 Å². The second-order valence-electron chi connectivity index (χ2n) is 5.33. The molecule has 1 unspecified atom stereocenters. The second-order valence-corrected chi connectivity index (χ2v) is 5.33. The van der Waals surface area contributed by atoms with Crippen LogP contribution in [-0.4, -0.2) is 29.1 Å². The Bertz CT molecular complexity index is 496. The van der Waals surface area contributed by atoms with Crippen molar-refractivity contribution in [3.8, 4) is 0 Å². The van der Waals surface area contributed by atoms with Crippen LogP contribution in [0.15, 0.2) is 24.3 Å². The zero-order valence-electron chi connectivity index (χ0n) is 11.6. The van der Waals surface area contributed by atoms with Gasteiger partial charge in [0.2, 0.25) is 0 Å². The van der Waals surface area contributed by atoms with E-state index in [2.05, 4.69) is 0 Å². The molecule has 1 saturated heterocycles. The standard InChI is InChI=1S/C15H18F3NO2/c16-15(17,18)12-6-4-5-11(9-12)13(10-14(20)21)19-7-2-1-3-8-19/h4-6,9,13H,1-3,7-8,10H2,(H,20,21). The number of piperidine rings is 1. The fourth-order valence-corrected chi connectivity index (χ4v) is 2.78. The van der Waals surface area contributed by atoms with Crippen molar-refractivity contribution in [1.82, 2.24) is 4.90 Å². The van der Waals surface area contributed by atoms with E-state index < -0.39 is 23.8 Å². The summed E-state index contributed by atoms with van der Waals surface area (Å²) in [6, 6.07) is 4.51. The number of hydrogen-bond donors (Lipinski definition) is 1. The first kappa shape index (κ1) is 15.8. The average Bonchev–Trinajstić information content (AvgIpc) is 2.45. The number of rotatable bonds is 4. The van der Waals surface area contributed by atoms with E-state index in [1.54, 1.807) is 6.07 Å². The molecule has 0 bridgehead atoms. The van der Waals surface area contributed by atoms with Crippen LogP contribution >= 0.6 is 0 Å². The molecule has 0 aliphatic carbocycles. The van der Waals surface area contributed by atoms with Crippen LogP contribution in [-0.2, 0) is 11.0 Å². The molecular formula is C15H18F3NO2. The summed E-state index contributed by atoms with van der Waals surface area (Å²) in [5.74, 6) is -0.997. The van der Waals surface area contributed by atoms with Crippen LogP contribution in [0.1, 0.15) is 42.9 Å². The number of hydrogen-bond acceptors (Lipinski definition) is 2. The van der Waals surface area contributed by atoms with Crippen LogP contribution in [0.3, 0.4) is 0 Å². The topological polar surface area (TPSA) is 40.5 Å². The Morgan fingerprint density at radius 3 is 2.48 bits per heavy atom. The van der Waals surface area contributed by atoms with E-state index in [0.717, 1.165) is 44.5 Å². The quantitative estimate of drug-likeness (QED) is 0.921. The number of carbonyl (C=O) groups is 1. The van der Waals surface area contributed by atoms with Crippen molar-refractivity contribution < 1.29 is 23.1 Å². The highest BCUT2D eigenvalue weighted by atomic mass is 19.4. The smallest absolute Gasteiger partial charge is 0.416 e. The molecule has 1 aromatic rings. The fourth-order valence-electron chi connectivity index (χ4n) is 2.78. The normalized spacial score (nSPS) is 18.4. The molecule has 1 aliphatic heterocycles. The lowest BCUT2D eigenvalue weighted by Gasteiger charge is -2.34. The Balaban J connectivity index is 2.29. The van der Waals surface area contributed by atoms with Crippen molar-refractivity contribution in [2.24, 2.45) is 0 Å². The highest BCUT2D eigenvalue weighted by Gasteiger charge is 2.32. The van der Waals surface area contributed by atoms with Crippen LogP contribution < -0.4 is 0 Å². The Morgan fingerprint density at radius 2 is 1.90 bits per heavy atom. The first-order chi connectivity index (χ1) is 9.88. The number of nitrogens with zero attached hydrogens (tertiary/aromatic N) is 1. The predicted octanol–water partition coefficient (Wildman–Crippen LogP) is 3.71. The van der Waals surface area contributed by atoms with E-state index in [0.29, 0.717) is 5.56 Å². The van der Waals surface area contributed by atoms with Crippen molar-refractivity contribution in [3.63, 3.8) is 0 Å². The third-order valence-corrected chi connectivity index (χ3v) is 3.80. The molecule has 0 saturated carbocycles. The molecule has 0 aromatic heterocycles. The van der Waals surface area contributed by atoms with E-state index in [-0.39, 0.29) is 6.42 Å². The minimum absolute atomic E-state index is 0.179. The third kappa shape index (κ3) is 4.20. The molecule has 1 aromatic carbocycles. The molecule has 1 atom stereocenters. The minimum Gasteiger partial charge on any atom is -0.481 e. The number of likely N-dealkylation sites (tertiary alicyclic amines) is 1. The number of aliphatic carboxylic acids is 1. The summed E-state index contributed by atoms with van der Waals surface area (Å²) in [6.07, 6.45) is -1.60. The molecule has 0 radical (unpaired) electrons. The number of carboxylic acid groups (broad SMARTS) is 1. The van der Waals surface area contributed by atoms with Gasteiger partial charge in [-0.3, -0.25) is 9.69 Å². The number of halogens is 3. The average molecular weight is 301 g/mol. The summed E-state index contributed by atoms with van der Waals surface area (Å²) >= 11 is 0. The van der Waals surface area contributed by atoms with E-state index in [4.69, 9.17) is 5.11 Å². The first-order valence-corrected chi connectivity index (χ1v) is 7.01. The fraction of sp³-hybridized carbons (Fsp3) is 0.533. The summed E-state index contributed by atoms with van der Waals surface area (Å²) in [4.78, 5) is 13.0. The maximum atomic E-state index is 12.8. The summed E-state index contributed by atoms with van der Waals surface area (Å²) in [6.45, 7) is 1.46. The van der Waals surface area contributed by atoms with Gasteiger partial charge in [0.25, 0.3) is 0 Å². The van der Waals surface area contributed by atoms with Crippen LogP contribution in [0.4, 0.5) is 13.2 Å². The lowest BCUT2D eigenvalue weighted by atomic mass is 9.97. The molecule has 116 valence electrons. The molecule has 2 rings (SSSR count). The lowest BCUT2D eigenvalue weighted by Crippen LogP contribution is -2.35. The Labute approximate surface area is 121 Å².